The predicted molar refractivity (Wildman–Crippen MR) is 62.9 cm³/mol. The van der Waals surface area contributed by atoms with Crippen LogP contribution in [-0.2, 0) is 12.8 Å². The summed E-state index contributed by atoms with van der Waals surface area (Å²) in [6, 6.07) is 0. The van der Waals surface area contributed by atoms with E-state index in [1.54, 1.807) is 0 Å². The minimum Gasteiger partial charge on any atom is -0.476 e. The van der Waals surface area contributed by atoms with Crippen molar-refractivity contribution >= 4 is 11.9 Å². The minimum absolute atomic E-state index is 0.0473. The summed E-state index contributed by atoms with van der Waals surface area (Å²) in [5.74, 6) is -0.980. The highest BCUT2D eigenvalue weighted by Crippen LogP contribution is 2.18. The molecule has 0 unspecified atom stereocenters. The SMILES string of the molecule is CCN1CCc2nc(N)nc(C(=O)O)c2CC1. The molecular weight excluding hydrogens is 220 g/mol. The second kappa shape index (κ2) is 4.67. The normalized spacial score (nSPS) is 16.3. The van der Waals surface area contributed by atoms with Gasteiger partial charge in [-0.15, -0.1) is 0 Å². The third kappa shape index (κ3) is 2.36. The third-order valence-corrected chi connectivity index (χ3v) is 3.10. The Balaban J connectivity index is 2.41. The van der Waals surface area contributed by atoms with E-state index in [9.17, 15) is 4.79 Å². The number of nitrogen functional groups attached to an aromatic ring is 1. The summed E-state index contributed by atoms with van der Waals surface area (Å²) in [6.07, 6.45) is 1.40. The summed E-state index contributed by atoms with van der Waals surface area (Å²) >= 11 is 0. The van der Waals surface area contributed by atoms with Gasteiger partial charge in [-0.25, -0.2) is 14.8 Å². The van der Waals surface area contributed by atoms with E-state index in [-0.39, 0.29) is 11.6 Å². The van der Waals surface area contributed by atoms with Gasteiger partial charge in [-0.3, -0.25) is 0 Å². The van der Waals surface area contributed by atoms with Gasteiger partial charge in [0.2, 0.25) is 5.95 Å². The number of likely N-dealkylation sites (N-methyl/N-ethyl adjacent to an activating group) is 1. The maximum absolute atomic E-state index is 11.1. The second-order valence-electron chi connectivity index (χ2n) is 4.10. The average molecular weight is 236 g/mol. The van der Waals surface area contributed by atoms with E-state index < -0.39 is 5.97 Å². The number of aromatic carboxylic acids is 1. The zero-order valence-corrected chi connectivity index (χ0v) is 9.81. The van der Waals surface area contributed by atoms with Crippen LogP contribution in [-0.4, -0.2) is 45.6 Å². The van der Waals surface area contributed by atoms with E-state index >= 15 is 0 Å². The molecule has 3 N–H and O–H groups in total. The van der Waals surface area contributed by atoms with Crippen LogP contribution < -0.4 is 5.73 Å². The molecule has 6 heteroatoms. The molecule has 0 amide bonds. The van der Waals surface area contributed by atoms with Crippen molar-refractivity contribution in [3.63, 3.8) is 0 Å². The van der Waals surface area contributed by atoms with Crippen LogP contribution in [0.2, 0.25) is 0 Å². The highest BCUT2D eigenvalue weighted by Gasteiger charge is 2.22. The summed E-state index contributed by atoms with van der Waals surface area (Å²) in [4.78, 5) is 21.4. The number of nitrogens with two attached hydrogens (primary N) is 1. The second-order valence-corrected chi connectivity index (χ2v) is 4.10. The molecule has 1 aromatic rings. The van der Waals surface area contributed by atoms with Crippen LogP contribution in [0, 0.1) is 0 Å². The molecule has 0 atom stereocenters. The Labute approximate surface area is 99.5 Å². The molecule has 0 radical (unpaired) electrons. The monoisotopic (exact) mass is 236 g/mol. The van der Waals surface area contributed by atoms with Gasteiger partial charge in [0.05, 0.1) is 5.69 Å². The van der Waals surface area contributed by atoms with E-state index in [0.29, 0.717) is 6.42 Å². The topological polar surface area (TPSA) is 92.3 Å². The van der Waals surface area contributed by atoms with E-state index in [2.05, 4.69) is 21.8 Å². The summed E-state index contributed by atoms with van der Waals surface area (Å²) in [5.41, 5.74) is 7.12. The van der Waals surface area contributed by atoms with Crippen molar-refractivity contribution in [2.24, 2.45) is 0 Å². The van der Waals surface area contributed by atoms with Gasteiger partial charge in [-0.05, 0) is 13.0 Å². The predicted octanol–water partition coefficient (Wildman–Crippen LogP) is 0.178. The van der Waals surface area contributed by atoms with Crippen molar-refractivity contribution in [1.82, 2.24) is 14.9 Å². The van der Waals surface area contributed by atoms with Gasteiger partial charge in [-0.2, -0.15) is 0 Å². The highest BCUT2D eigenvalue weighted by molar-refractivity contribution is 5.87. The lowest BCUT2D eigenvalue weighted by Gasteiger charge is -2.16. The molecule has 0 saturated heterocycles. The lowest BCUT2D eigenvalue weighted by atomic mass is 10.1. The first-order valence-corrected chi connectivity index (χ1v) is 5.72. The van der Waals surface area contributed by atoms with Crippen LogP contribution >= 0.6 is 0 Å². The molecular formula is C11H16N4O2. The van der Waals surface area contributed by atoms with Crippen molar-refractivity contribution in [3.8, 4) is 0 Å². The lowest BCUT2D eigenvalue weighted by Crippen LogP contribution is -2.25. The first kappa shape index (κ1) is 11.8. The summed E-state index contributed by atoms with van der Waals surface area (Å²) in [7, 11) is 0. The van der Waals surface area contributed by atoms with Crippen molar-refractivity contribution in [2.45, 2.75) is 19.8 Å². The van der Waals surface area contributed by atoms with E-state index in [1.807, 2.05) is 0 Å². The molecule has 0 aliphatic carbocycles. The number of anilines is 1. The maximum atomic E-state index is 11.1. The molecule has 0 saturated carbocycles. The molecule has 2 rings (SSSR count). The Hall–Kier alpha value is -1.69. The Morgan fingerprint density at radius 3 is 2.76 bits per heavy atom. The van der Waals surface area contributed by atoms with Gasteiger partial charge in [0.25, 0.3) is 0 Å². The van der Waals surface area contributed by atoms with E-state index in [1.165, 1.54) is 0 Å². The zero-order valence-electron chi connectivity index (χ0n) is 9.81. The molecule has 1 aliphatic rings. The molecule has 17 heavy (non-hydrogen) atoms. The Bertz CT molecular complexity index is 447. The van der Waals surface area contributed by atoms with Gasteiger partial charge < -0.3 is 15.7 Å². The molecule has 92 valence electrons. The number of carboxylic acid groups (broad SMARTS) is 1. The van der Waals surface area contributed by atoms with Crippen LogP contribution in [0.5, 0.6) is 0 Å². The van der Waals surface area contributed by atoms with Crippen LogP contribution in [0.4, 0.5) is 5.95 Å². The van der Waals surface area contributed by atoms with Gasteiger partial charge in [0.15, 0.2) is 5.69 Å². The van der Waals surface area contributed by atoms with E-state index in [4.69, 9.17) is 10.8 Å². The third-order valence-electron chi connectivity index (χ3n) is 3.10. The Kier molecular flexibility index (Phi) is 3.23. The van der Waals surface area contributed by atoms with Crippen molar-refractivity contribution in [2.75, 3.05) is 25.4 Å². The molecule has 0 bridgehead atoms. The first-order valence-electron chi connectivity index (χ1n) is 5.72. The van der Waals surface area contributed by atoms with Gasteiger partial charge in [-0.1, -0.05) is 6.92 Å². The zero-order chi connectivity index (χ0) is 12.4. The Morgan fingerprint density at radius 2 is 2.12 bits per heavy atom. The van der Waals surface area contributed by atoms with Gasteiger partial charge in [0, 0.05) is 25.1 Å². The fourth-order valence-corrected chi connectivity index (χ4v) is 2.16. The quantitative estimate of drug-likeness (QED) is 0.760. The Morgan fingerprint density at radius 1 is 1.41 bits per heavy atom. The number of hydrogen-bond acceptors (Lipinski definition) is 5. The number of hydrogen-bond donors (Lipinski definition) is 2. The molecule has 1 aliphatic heterocycles. The standard InChI is InChI=1S/C11H16N4O2/c1-2-15-5-3-7-8(4-6-15)13-11(12)14-9(7)10(16)17/h2-6H2,1H3,(H,16,17)(H2,12,13,14). The van der Waals surface area contributed by atoms with Crippen molar-refractivity contribution in [3.05, 3.63) is 17.0 Å². The molecule has 0 fully saturated rings. The van der Waals surface area contributed by atoms with Crippen molar-refractivity contribution < 1.29 is 9.90 Å². The minimum atomic E-state index is -1.03. The number of aromatic nitrogens is 2. The molecule has 6 nitrogen and oxygen atoms in total. The number of carboxylic acids is 1. The number of nitrogens with zero attached hydrogens (tertiary/aromatic N) is 3. The van der Waals surface area contributed by atoms with Crippen LogP contribution in [0.1, 0.15) is 28.7 Å². The number of carbonyl (C=O) groups is 1. The summed E-state index contributed by atoms with van der Waals surface area (Å²) in [5, 5.41) is 9.12. The molecule has 2 heterocycles. The lowest BCUT2D eigenvalue weighted by molar-refractivity contribution is 0.0689. The number of fused-ring (bicyclic) bond motifs is 1. The van der Waals surface area contributed by atoms with Crippen LogP contribution in [0.25, 0.3) is 0 Å². The molecule has 0 aromatic carbocycles. The first-order chi connectivity index (χ1) is 8.11. The van der Waals surface area contributed by atoms with Crippen LogP contribution in [0.15, 0.2) is 0 Å². The summed E-state index contributed by atoms with van der Waals surface area (Å²) in [6.45, 7) is 4.78. The summed E-state index contributed by atoms with van der Waals surface area (Å²) < 4.78 is 0. The fraction of sp³-hybridized carbons (Fsp3) is 0.545. The largest absolute Gasteiger partial charge is 0.476 e. The fourth-order valence-electron chi connectivity index (χ4n) is 2.16. The van der Waals surface area contributed by atoms with E-state index in [0.717, 1.165) is 37.3 Å². The molecule has 1 aromatic heterocycles. The number of rotatable bonds is 2. The van der Waals surface area contributed by atoms with Gasteiger partial charge in [0.1, 0.15) is 0 Å². The maximum Gasteiger partial charge on any atom is 0.354 e. The van der Waals surface area contributed by atoms with Crippen molar-refractivity contribution in [1.29, 1.82) is 0 Å². The van der Waals surface area contributed by atoms with Gasteiger partial charge >= 0.3 is 5.97 Å². The van der Waals surface area contributed by atoms with Crippen LogP contribution in [0.3, 0.4) is 0 Å². The average Bonchev–Trinajstić information content (AvgIpc) is 2.49. The smallest absolute Gasteiger partial charge is 0.354 e. The molecule has 0 spiro atoms. The highest BCUT2D eigenvalue weighted by atomic mass is 16.4.